The maximum Gasteiger partial charge on any atom is 0.307 e. The third-order valence-electron chi connectivity index (χ3n) is 1.99. The second-order valence-electron chi connectivity index (χ2n) is 3.41. The molecule has 0 atom stereocenters. The number of carbonyl (C=O) groups excluding carboxylic acids is 1. The SMILES string of the molecule is C/C=C/C(=O)Nc1cc(CC(=O)O)ccc1O. The standard InChI is InChI=1S/C12H13NO4/c1-2-3-11(15)13-9-6-8(7-12(16)17)4-5-10(9)14/h2-6,14H,7H2,1H3,(H,13,15)(H,16,17)/b3-2+. The highest BCUT2D eigenvalue weighted by Crippen LogP contribution is 2.24. The Morgan fingerprint density at radius 1 is 1.41 bits per heavy atom. The third kappa shape index (κ3) is 3.98. The van der Waals surface area contributed by atoms with Crippen molar-refractivity contribution in [3.8, 4) is 5.75 Å². The van der Waals surface area contributed by atoms with Crippen LogP contribution >= 0.6 is 0 Å². The smallest absolute Gasteiger partial charge is 0.307 e. The number of carboxylic acids is 1. The first-order valence-electron chi connectivity index (χ1n) is 5.00. The zero-order valence-electron chi connectivity index (χ0n) is 9.30. The molecule has 0 aliphatic rings. The van der Waals surface area contributed by atoms with Crippen molar-refractivity contribution in [2.75, 3.05) is 5.32 Å². The van der Waals surface area contributed by atoms with Crippen LogP contribution in [0.25, 0.3) is 0 Å². The molecule has 0 saturated heterocycles. The Balaban J connectivity index is 2.90. The van der Waals surface area contributed by atoms with Gasteiger partial charge in [0.15, 0.2) is 0 Å². The molecule has 0 aromatic heterocycles. The molecule has 0 heterocycles. The quantitative estimate of drug-likeness (QED) is 0.545. The minimum Gasteiger partial charge on any atom is -0.506 e. The Hall–Kier alpha value is -2.30. The van der Waals surface area contributed by atoms with Crippen molar-refractivity contribution in [3.63, 3.8) is 0 Å². The summed E-state index contributed by atoms with van der Waals surface area (Å²) in [6.45, 7) is 1.69. The van der Waals surface area contributed by atoms with Crippen LogP contribution in [-0.2, 0) is 16.0 Å². The highest BCUT2D eigenvalue weighted by molar-refractivity contribution is 6.00. The second kappa shape index (κ2) is 5.69. The van der Waals surface area contributed by atoms with Crippen LogP contribution < -0.4 is 5.32 Å². The fourth-order valence-electron chi connectivity index (χ4n) is 1.29. The Morgan fingerprint density at radius 2 is 2.12 bits per heavy atom. The fraction of sp³-hybridized carbons (Fsp3) is 0.167. The van der Waals surface area contributed by atoms with Crippen LogP contribution in [0.5, 0.6) is 5.75 Å². The first kappa shape index (κ1) is 12.8. The summed E-state index contributed by atoms with van der Waals surface area (Å²) < 4.78 is 0. The van der Waals surface area contributed by atoms with Gasteiger partial charge >= 0.3 is 5.97 Å². The number of anilines is 1. The number of amides is 1. The summed E-state index contributed by atoms with van der Waals surface area (Å²) in [5.74, 6) is -1.45. The fourth-order valence-corrected chi connectivity index (χ4v) is 1.29. The molecular formula is C12H13NO4. The van der Waals surface area contributed by atoms with Crippen LogP contribution in [0.3, 0.4) is 0 Å². The molecule has 1 aromatic carbocycles. The minimum absolute atomic E-state index is 0.100. The van der Waals surface area contributed by atoms with Gasteiger partial charge in [-0.05, 0) is 30.7 Å². The molecule has 5 nitrogen and oxygen atoms in total. The lowest BCUT2D eigenvalue weighted by Gasteiger charge is -2.07. The molecule has 0 aliphatic heterocycles. The van der Waals surface area contributed by atoms with E-state index in [1.807, 2.05) is 0 Å². The van der Waals surface area contributed by atoms with Gasteiger partial charge in [-0.3, -0.25) is 9.59 Å². The maximum absolute atomic E-state index is 11.3. The van der Waals surface area contributed by atoms with Gasteiger partial charge in [-0.25, -0.2) is 0 Å². The molecular weight excluding hydrogens is 222 g/mol. The number of phenols is 1. The molecule has 1 aromatic rings. The van der Waals surface area contributed by atoms with E-state index in [1.165, 1.54) is 24.3 Å². The van der Waals surface area contributed by atoms with E-state index in [9.17, 15) is 14.7 Å². The topological polar surface area (TPSA) is 86.6 Å². The Bertz CT molecular complexity index is 466. The number of benzene rings is 1. The molecule has 0 spiro atoms. The summed E-state index contributed by atoms with van der Waals surface area (Å²) in [5, 5.41) is 20.6. The highest BCUT2D eigenvalue weighted by atomic mass is 16.4. The number of allylic oxidation sites excluding steroid dienone is 1. The van der Waals surface area contributed by atoms with E-state index in [4.69, 9.17) is 5.11 Å². The molecule has 1 amide bonds. The predicted octanol–water partition coefficient (Wildman–Crippen LogP) is 1.53. The molecule has 0 aliphatic carbocycles. The van der Waals surface area contributed by atoms with Crippen molar-refractivity contribution in [2.45, 2.75) is 13.3 Å². The van der Waals surface area contributed by atoms with Gasteiger partial charge in [0.25, 0.3) is 0 Å². The zero-order chi connectivity index (χ0) is 12.8. The third-order valence-corrected chi connectivity index (χ3v) is 1.99. The predicted molar refractivity (Wildman–Crippen MR) is 62.9 cm³/mol. The monoisotopic (exact) mass is 235 g/mol. The molecule has 90 valence electrons. The van der Waals surface area contributed by atoms with Gasteiger partial charge < -0.3 is 15.5 Å². The van der Waals surface area contributed by atoms with Gasteiger partial charge in [-0.1, -0.05) is 12.1 Å². The average Bonchev–Trinajstić information content (AvgIpc) is 2.22. The highest BCUT2D eigenvalue weighted by Gasteiger charge is 2.07. The summed E-state index contributed by atoms with van der Waals surface area (Å²) in [6, 6.07) is 4.28. The van der Waals surface area contributed by atoms with Crippen LogP contribution in [0.15, 0.2) is 30.4 Å². The second-order valence-corrected chi connectivity index (χ2v) is 3.41. The first-order valence-corrected chi connectivity index (χ1v) is 5.00. The van der Waals surface area contributed by atoms with Gasteiger partial charge in [-0.15, -0.1) is 0 Å². The number of phenolic OH excluding ortho intramolecular Hbond substituents is 1. The van der Waals surface area contributed by atoms with Crippen LogP contribution in [0, 0.1) is 0 Å². The van der Waals surface area contributed by atoms with Crippen LogP contribution in [0.2, 0.25) is 0 Å². The Labute approximate surface area is 98.4 Å². The normalized spacial score (nSPS) is 10.4. The molecule has 0 saturated carbocycles. The van der Waals surface area contributed by atoms with Crippen molar-refractivity contribution in [3.05, 3.63) is 35.9 Å². The molecule has 3 N–H and O–H groups in total. The zero-order valence-corrected chi connectivity index (χ0v) is 9.30. The number of aromatic hydroxyl groups is 1. The van der Waals surface area contributed by atoms with E-state index in [-0.39, 0.29) is 23.8 Å². The summed E-state index contributed by atoms with van der Waals surface area (Å²) in [5.41, 5.74) is 0.706. The van der Waals surface area contributed by atoms with E-state index >= 15 is 0 Å². The molecule has 0 radical (unpaired) electrons. The number of hydrogen-bond acceptors (Lipinski definition) is 3. The first-order chi connectivity index (χ1) is 8.02. The van der Waals surface area contributed by atoms with Crippen molar-refractivity contribution in [1.29, 1.82) is 0 Å². The van der Waals surface area contributed by atoms with E-state index < -0.39 is 5.97 Å². The number of nitrogens with one attached hydrogen (secondary N) is 1. The number of carbonyl (C=O) groups is 2. The number of aliphatic carboxylic acids is 1. The molecule has 0 fully saturated rings. The summed E-state index contributed by atoms with van der Waals surface area (Å²) in [7, 11) is 0. The van der Waals surface area contributed by atoms with E-state index in [1.54, 1.807) is 13.0 Å². The van der Waals surface area contributed by atoms with Crippen molar-refractivity contribution >= 4 is 17.6 Å². The lowest BCUT2D eigenvalue weighted by atomic mass is 10.1. The van der Waals surface area contributed by atoms with Gasteiger partial charge in [-0.2, -0.15) is 0 Å². The van der Waals surface area contributed by atoms with Crippen LogP contribution in [0.4, 0.5) is 5.69 Å². The van der Waals surface area contributed by atoms with Gasteiger partial charge in [0.05, 0.1) is 12.1 Å². The number of hydrogen-bond donors (Lipinski definition) is 3. The molecule has 0 bridgehead atoms. The van der Waals surface area contributed by atoms with Gasteiger partial charge in [0.2, 0.25) is 5.91 Å². The average molecular weight is 235 g/mol. The van der Waals surface area contributed by atoms with E-state index in [2.05, 4.69) is 5.32 Å². The molecule has 17 heavy (non-hydrogen) atoms. The van der Waals surface area contributed by atoms with Crippen LogP contribution in [0.1, 0.15) is 12.5 Å². The Kier molecular flexibility index (Phi) is 4.28. The van der Waals surface area contributed by atoms with Gasteiger partial charge in [0, 0.05) is 0 Å². The maximum atomic E-state index is 11.3. The van der Waals surface area contributed by atoms with E-state index in [0.717, 1.165) is 0 Å². The van der Waals surface area contributed by atoms with Gasteiger partial charge in [0.1, 0.15) is 5.75 Å². The van der Waals surface area contributed by atoms with Crippen molar-refractivity contribution < 1.29 is 19.8 Å². The summed E-state index contributed by atoms with van der Waals surface area (Å²) in [6.07, 6.45) is 2.71. The lowest BCUT2D eigenvalue weighted by molar-refractivity contribution is -0.136. The van der Waals surface area contributed by atoms with Crippen molar-refractivity contribution in [2.24, 2.45) is 0 Å². The number of rotatable bonds is 4. The number of carboxylic acid groups (broad SMARTS) is 1. The van der Waals surface area contributed by atoms with E-state index in [0.29, 0.717) is 5.56 Å². The molecule has 0 unspecified atom stereocenters. The molecule has 5 heteroatoms. The largest absolute Gasteiger partial charge is 0.506 e. The van der Waals surface area contributed by atoms with Crippen molar-refractivity contribution in [1.82, 2.24) is 0 Å². The molecule has 1 rings (SSSR count). The lowest BCUT2D eigenvalue weighted by Crippen LogP contribution is -2.08. The van der Waals surface area contributed by atoms with Crippen LogP contribution in [-0.4, -0.2) is 22.1 Å². The Morgan fingerprint density at radius 3 is 2.71 bits per heavy atom. The summed E-state index contributed by atoms with van der Waals surface area (Å²) in [4.78, 5) is 21.8. The summed E-state index contributed by atoms with van der Waals surface area (Å²) >= 11 is 0. The minimum atomic E-state index is -0.971.